The van der Waals surface area contributed by atoms with E-state index in [4.69, 9.17) is 9.72 Å². The number of benzene rings is 2. The largest absolute Gasteiger partial charge is 0.486 e. The summed E-state index contributed by atoms with van der Waals surface area (Å²) in [4.78, 5) is 4.77. The smallest absolute Gasteiger partial charge is 0.191 e. The van der Waals surface area contributed by atoms with Crippen LogP contribution in [0.4, 0.5) is 0 Å². The van der Waals surface area contributed by atoms with Gasteiger partial charge >= 0.3 is 0 Å². The van der Waals surface area contributed by atoms with Crippen molar-refractivity contribution in [2.75, 3.05) is 0 Å². The fourth-order valence-corrected chi connectivity index (χ4v) is 4.66. The zero-order valence-electron chi connectivity index (χ0n) is 17.3. The molecule has 7 heteroatoms. The molecule has 0 saturated heterocycles. The maximum absolute atomic E-state index is 5.87. The molecule has 4 aromatic rings. The van der Waals surface area contributed by atoms with Crippen LogP contribution in [0.5, 0.6) is 5.75 Å². The topological polar surface area (TPSA) is 52.8 Å². The monoisotopic (exact) mass is 436 g/mol. The van der Waals surface area contributed by atoms with Crippen molar-refractivity contribution in [3.8, 4) is 16.3 Å². The van der Waals surface area contributed by atoms with Gasteiger partial charge in [0.05, 0.1) is 5.69 Å². The molecule has 0 amide bonds. The molecule has 0 bridgehead atoms. The lowest BCUT2D eigenvalue weighted by atomic mass is 10.2. The number of aromatic nitrogens is 4. The van der Waals surface area contributed by atoms with Crippen LogP contribution in [0.2, 0.25) is 0 Å². The van der Waals surface area contributed by atoms with Gasteiger partial charge in [0.15, 0.2) is 11.0 Å². The lowest BCUT2D eigenvalue weighted by Gasteiger charge is -2.07. The molecule has 0 atom stereocenters. The molecule has 0 aliphatic carbocycles. The molecule has 154 valence electrons. The van der Waals surface area contributed by atoms with E-state index in [-0.39, 0.29) is 0 Å². The van der Waals surface area contributed by atoms with Crippen LogP contribution >= 0.6 is 23.1 Å². The molecule has 4 rings (SSSR count). The summed E-state index contributed by atoms with van der Waals surface area (Å²) in [5, 5.41) is 12.6. The van der Waals surface area contributed by atoms with Crippen LogP contribution in [-0.2, 0) is 25.8 Å². The molecule has 0 saturated carbocycles. The van der Waals surface area contributed by atoms with Crippen molar-refractivity contribution in [2.45, 2.75) is 37.8 Å². The minimum atomic E-state index is 0.393. The van der Waals surface area contributed by atoms with E-state index < -0.39 is 0 Å². The maximum Gasteiger partial charge on any atom is 0.191 e. The number of thiazole rings is 1. The van der Waals surface area contributed by atoms with Gasteiger partial charge in [0.1, 0.15) is 17.4 Å². The zero-order chi connectivity index (χ0) is 20.9. The summed E-state index contributed by atoms with van der Waals surface area (Å²) in [6.07, 6.45) is 1.02. The molecule has 0 N–H and O–H groups in total. The van der Waals surface area contributed by atoms with Crippen LogP contribution in [0.3, 0.4) is 0 Å². The van der Waals surface area contributed by atoms with Crippen LogP contribution in [0.25, 0.3) is 10.6 Å². The number of hydrogen-bond donors (Lipinski definition) is 0. The standard InChI is InChI=1S/C23H24N4OS2/c1-4-17-7-11-20(12-8-17)28-13-21-25-26-23(27(21)3)30-15-19-14-29-22(24-19)18-9-5-16(2)6-10-18/h5-12,14H,4,13,15H2,1-3H3. The van der Waals surface area contributed by atoms with E-state index in [2.05, 4.69) is 65.8 Å². The lowest BCUT2D eigenvalue weighted by molar-refractivity contribution is 0.290. The van der Waals surface area contributed by atoms with Crippen LogP contribution in [-0.4, -0.2) is 19.7 Å². The van der Waals surface area contributed by atoms with E-state index in [0.29, 0.717) is 6.61 Å². The second-order valence-electron chi connectivity index (χ2n) is 7.04. The Labute approximate surface area is 185 Å². The van der Waals surface area contributed by atoms with Crippen molar-refractivity contribution in [3.05, 3.63) is 76.6 Å². The van der Waals surface area contributed by atoms with Crippen molar-refractivity contribution < 1.29 is 4.74 Å². The highest BCUT2D eigenvalue weighted by Crippen LogP contribution is 2.27. The van der Waals surface area contributed by atoms with Crippen molar-refractivity contribution >= 4 is 23.1 Å². The Balaban J connectivity index is 1.34. The fourth-order valence-electron chi connectivity index (χ4n) is 2.91. The third-order valence-electron chi connectivity index (χ3n) is 4.82. The number of nitrogens with zero attached hydrogens (tertiary/aromatic N) is 4. The van der Waals surface area contributed by atoms with Gasteiger partial charge in [0.25, 0.3) is 0 Å². The summed E-state index contributed by atoms with van der Waals surface area (Å²) >= 11 is 3.31. The predicted molar refractivity (Wildman–Crippen MR) is 123 cm³/mol. The van der Waals surface area contributed by atoms with Gasteiger partial charge < -0.3 is 9.30 Å². The van der Waals surface area contributed by atoms with Gasteiger partial charge in [-0.25, -0.2) is 4.98 Å². The second-order valence-corrected chi connectivity index (χ2v) is 8.84. The third kappa shape index (κ3) is 4.91. The molecule has 2 aromatic carbocycles. The minimum absolute atomic E-state index is 0.393. The third-order valence-corrected chi connectivity index (χ3v) is 6.82. The molecule has 0 spiro atoms. The quantitative estimate of drug-likeness (QED) is 0.333. The fraction of sp³-hybridized carbons (Fsp3) is 0.261. The van der Waals surface area contributed by atoms with Crippen molar-refractivity contribution in [3.63, 3.8) is 0 Å². The first-order valence-electron chi connectivity index (χ1n) is 9.86. The van der Waals surface area contributed by atoms with Gasteiger partial charge in [0.2, 0.25) is 0 Å². The molecule has 5 nitrogen and oxygen atoms in total. The average Bonchev–Trinajstić information content (AvgIpc) is 3.38. The minimum Gasteiger partial charge on any atom is -0.486 e. The van der Waals surface area contributed by atoms with Gasteiger partial charge in [-0.1, -0.05) is 60.6 Å². The summed E-state index contributed by atoms with van der Waals surface area (Å²) in [5.74, 6) is 2.40. The summed E-state index contributed by atoms with van der Waals surface area (Å²) in [5.41, 5.74) is 4.77. The summed E-state index contributed by atoms with van der Waals surface area (Å²) in [6.45, 7) is 4.63. The van der Waals surface area contributed by atoms with Gasteiger partial charge in [-0.2, -0.15) is 0 Å². The first-order valence-corrected chi connectivity index (χ1v) is 11.7. The molecule has 2 aromatic heterocycles. The molecule has 30 heavy (non-hydrogen) atoms. The zero-order valence-corrected chi connectivity index (χ0v) is 19.0. The highest BCUT2D eigenvalue weighted by atomic mass is 32.2. The molecule has 0 aliphatic heterocycles. The molecule has 0 aliphatic rings. The Morgan fingerprint density at radius 1 is 1.03 bits per heavy atom. The molecule has 0 radical (unpaired) electrons. The normalized spacial score (nSPS) is 11.0. The molecule has 0 unspecified atom stereocenters. The van der Waals surface area contributed by atoms with E-state index in [1.165, 1.54) is 11.1 Å². The predicted octanol–water partition coefficient (Wildman–Crippen LogP) is 5.68. The molecule has 2 heterocycles. The highest BCUT2D eigenvalue weighted by molar-refractivity contribution is 7.98. The Hall–Kier alpha value is -2.64. The van der Waals surface area contributed by atoms with E-state index in [1.54, 1.807) is 23.1 Å². The first-order chi connectivity index (χ1) is 14.6. The van der Waals surface area contributed by atoms with E-state index in [0.717, 1.165) is 45.2 Å². The van der Waals surface area contributed by atoms with Gasteiger partial charge in [-0.3, -0.25) is 0 Å². The number of rotatable bonds is 8. The number of ether oxygens (including phenoxy) is 1. The number of thioether (sulfide) groups is 1. The molecular formula is C23H24N4OS2. The summed E-state index contributed by atoms with van der Waals surface area (Å²) in [7, 11) is 1.97. The SMILES string of the molecule is CCc1ccc(OCc2nnc(SCc3csc(-c4ccc(C)cc4)n3)n2C)cc1. The van der Waals surface area contributed by atoms with Crippen molar-refractivity contribution in [1.29, 1.82) is 0 Å². The van der Waals surface area contributed by atoms with Gasteiger partial charge in [0, 0.05) is 23.7 Å². The summed E-state index contributed by atoms with van der Waals surface area (Å²) in [6, 6.07) is 16.7. The number of hydrogen-bond acceptors (Lipinski definition) is 6. The first kappa shape index (κ1) is 20.6. The highest BCUT2D eigenvalue weighted by Gasteiger charge is 2.12. The van der Waals surface area contributed by atoms with E-state index in [1.807, 2.05) is 23.7 Å². The second kappa shape index (κ2) is 9.45. The van der Waals surface area contributed by atoms with Crippen LogP contribution < -0.4 is 4.74 Å². The Kier molecular flexibility index (Phi) is 6.50. The van der Waals surface area contributed by atoms with Crippen LogP contribution in [0, 0.1) is 6.92 Å². The maximum atomic E-state index is 5.87. The van der Waals surface area contributed by atoms with Crippen molar-refractivity contribution in [1.82, 2.24) is 19.7 Å². The van der Waals surface area contributed by atoms with E-state index in [9.17, 15) is 0 Å². The molecular weight excluding hydrogens is 412 g/mol. The lowest BCUT2D eigenvalue weighted by Crippen LogP contribution is -2.04. The Morgan fingerprint density at radius 3 is 2.53 bits per heavy atom. The van der Waals surface area contributed by atoms with Crippen LogP contribution in [0.1, 0.15) is 29.6 Å². The van der Waals surface area contributed by atoms with Gasteiger partial charge in [-0.15, -0.1) is 21.5 Å². The van der Waals surface area contributed by atoms with Crippen LogP contribution in [0.15, 0.2) is 59.1 Å². The Morgan fingerprint density at radius 2 is 1.80 bits per heavy atom. The molecule has 0 fully saturated rings. The summed E-state index contributed by atoms with van der Waals surface area (Å²) < 4.78 is 7.85. The average molecular weight is 437 g/mol. The number of aryl methyl sites for hydroxylation is 2. The van der Waals surface area contributed by atoms with Gasteiger partial charge in [-0.05, 0) is 31.0 Å². The van der Waals surface area contributed by atoms with Crippen molar-refractivity contribution in [2.24, 2.45) is 7.05 Å². The Bertz CT molecular complexity index is 1100. The van der Waals surface area contributed by atoms with E-state index >= 15 is 0 Å².